The first kappa shape index (κ1) is 14.5. The fraction of sp³-hybridized carbons (Fsp3) is 0.500. The summed E-state index contributed by atoms with van der Waals surface area (Å²) >= 11 is 0. The van der Waals surface area contributed by atoms with Crippen molar-refractivity contribution in [2.24, 2.45) is 5.73 Å². The first-order chi connectivity index (χ1) is 8.36. The van der Waals surface area contributed by atoms with Crippen LogP contribution in [0.15, 0.2) is 24.3 Å². The molecule has 1 amide bonds. The number of carbonyl (C=O) groups is 1. The van der Waals surface area contributed by atoms with Crippen molar-refractivity contribution in [2.75, 3.05) is 7.11 Å². The summed E-state index contributed by atoms with van der Waals surface area (Å²) in [4.78, 5) is 12.0. The van der Waals surface area contributed by atoms with Crippen LogP contribution < -0.4 is 15.8 Å². The highest BCUT2D eigenvalue weighted by Crippen LogP contribution is 2.18. The van der Waals surface area contributed by atoms with Gasteiger partial charge in [0.2, 0.25) is 5.91 Å². The number of para-hydroxylation sites is 1. The van der Waals surface area contributed by atoms with Crippen LogP contribution in [0.5, 0.6) is 5.75 Å². The molecule has 0 aromatic heterocycles. The number of methoxy groups -OCH3 is 1. The summed E-state index contributed by atoms with van der Waals surface area (Å²) in [5.74, 6) is 0.674. The number of rotatable bonds is 5. The molecule has 0 fully saturated rings. The van der Waals surface area contributed by atoms with E-state index in [4.69, 9.17) is 10.5 Å². The number of amides is 1. The van der Waals surface area contributed by atoms with Crippen molar-refractivity contribution in [2.45, 2.75) is 38.8 Å². The Balaban J connectivity index is 2.71. The van der Waals surface area contributed by atoms with Crippen LogP contribution in [-0.4, -0.2) is 24.6 Å². The van der Waals surface area contributed by atoms with E-state index in [1.807, 2.05) is 45.0 Å². The third kappa shape index (κ3) is 3.74. The quantitative estimate of drug-likeness (QED) is 0.832. The monoisotopic (exact) mass is 250 g/mol. The maximum atomic E-state index is 12.0. The molecule has 1 aromatic rings. The van der Waals surface area contributed by atoms with E-state index in [1.165, 1.54) is 0 Å². The van der Waals surface area contributed by atoms with Crippen molar-refractivity contribution < 1.29 is 9.53 Å². The van der Waals surface area contributed by atoms with Gasteiger partial charge in [-0.2, -0.15) is 0 Å². The highest BCUT2D eigenvalue weighted by molar-refractivity contribution is 5.80. The van der Waals surface area contributed by atoms with Crippen LogP contribution in [0.3, 0.4) is 0 Å². The van der Waals surface area contributed by atoms with Gasteiger partial charge in [0.1, 0.15) is 5.75 Å². The van der Waals surface area contributed by atoms with Gasteiger partial charge in [-0.15, -0.1) is 0 Å². The highest BCUT2D eigenvalue weighted by atomic mass is 16.5. The number of ether oxygens (including phenoxy) is 1. The highest BCUT2D eigenvalue weighted by Gasteiger charge is 2.25. The maximum Gasteiger partial charge on any atom is 0.225 e. The second-order valence-corrected chi connectivity index (χ2v) is 5.05. The van der Waals surface area contributed by atoms with Gasteiger partial charge in [-0.05, 0) is 26.8 Å². The zero-order valence-corrected chi connectivity index (χ0v) is 11.5. The molecule has 18 heavy (non-hydrogen) atoms. The van der Waals surface area contributed by atoms with Gasteiger partial charge < -0.3 is 15.8 Å². The molecule has 0 aliphatic heterocycles. The summed E-state index contributed by atoms with van der Waals surface area (Å²) < 4.78 is 5.22. The predicted octanol–water partition coefficient (Wildman–Crippen LogP) is 1.48. The number of hydrogen-bond donors (Lipinski definition) is 2. The summed E-state index contributed by atoms with van der Waals surface area (Å²) in [5.41, 5.74) is 6.28. The lowest BCUT2D eigenvalue weighted by atomic mass is 9.96. The van der Waals surface area contributed by atoms with Gasteiger partial charge in [-0.3, -0.25) is 4.79 Å². The zero-order valence-electron chi connectivity index (χ0n) is 11.5. The van der Waals surface area contributed by atoms with E-state index in [1.54, 1.807) is 7.11 Å². The van der Waals surface area contributed by atoms with Crippen molar-refractivity contribution in [1.29, 1.82) is 0 Å². The molecule has 0 spiro atoms. The Morgan fingerprint density at radius 3 is 2.61 bits per heavy atom. The molecule has 0 heterocycles. The summed E-state index contributed by atoms with van der Waals surface area (Å²) in [6, 6.07) is 7.39. The average Bonchev–Trinajstić information content (AvgIpc) is 2.28. The van der Waals surface area contributed by atoms with E-state index in [0.29, 0.717) is 6.42 Å². The molecule has 4 nitrogen and oxygen atoms in total. The van der Waals surface area contributed by atoms with Crippen molar-refractivity contribution in [3.05, 3.63) is 29.8 Å². The van der Waals surface area contributed by atoms with E-state index in [-0.39, 0.29) is 11.9 Å². The topological polar surface area (TPSA) is 64.3 Å². The Kier molecular flexibility index (Phi) is 4.73. The van der Waals surface area contributed by atoms with Gasteiger partial charge in [0.25, 0.3) is 0 Å². The van der Waals surface area contributed by atoms with Crippen LogP contribution in [0.2, 0.25) is 0 Å². The third-order valence-electron chi connectivity index (χ3n) is 3.14. The molecule has 0 aliphatic rings. The molecule has 1 atom stereocenters. The Morgan fingerprint density at radius 1 is 1.44 bits per heavy atom. The van der Waals surface area contributed by atoms with Crippen molar-refractivity contribution in [1.82, 2.24) is 5.32 Å². The van der Waals surface area contributed by atoms with E-state index in [0.717, 1.165) is 11.3 Å². The summed E-state index contributed by atoms with van der Waals surface area (Å²) in [6.07, 6.45) is 0.292. The molecule has 4 heteroatoms. The summed E-state index contributed by atoms with van der Waals surface area (Å²) in [7, 11) is 1.60. The molecule has 1 rings (SSSR count). The average molecular weight is 250 g/mol. The maximum absolute atomic E-state index is 12.0. The number of carbonyl (C=O) groups excluding carboxylic acids is 1. The second-order valence-electron chi connectivity index (χ2n) is 5.05. The van der Waals surface area contributed by atoms with Crippen LogP contribution in [0.25, 0.3) is 0 Å². The second kappa shape index (κ2) is 5.87. The number of nitrogens with two attached hydrogens (primary N) is 1. The first-order valence-electron chi connectivity index (χ1n) is 6.05. The lowest BCUT2D eigenvalue weighted by Gasteiger charge is -2.30. The Labute approximate surface area is 109 Å². The van der Waals surface area contributed by atoms with E-state index in [9.17, 15) is 4.79 Å². The third-order valence-corrected chi connectivity index (χ3v) is 3.14. The SMILES string of the molecule is COc1ccccc1CC(=O)NC(C)(C)C(C)N. The number of nitrogens with one attached hydrogen (secondary N) is 1. The van der Waals surface area contributed by atoms with Crippen molar-refractivity contribution in [3.8, 4) is 5.75 Å². The molecule has 0 saturated heterocycles. The Hall–Kier alpha value is -1.55. The lowest BCUT2D eigenvalue weighted by molar-refractivity contribution is -0.122. The van der Waals surface area contributed by atoms with Crippen molar-refractivity contribution >= 4 is 5.91 Å². The minimum Gasteiger partial charge on any atom is -0.496 e. The number of hydrogen-bond acceptors (Lipinski definition) is 3. The molecule has 0 bridgehead atoms. The molecule has 1 unspecified atom stereocenters. The van der Waals surface area contributed by atoms with Crippen LogP contribution >= 0.6 is 0 Å². The van der Waals surface area contributed by atoms with E-state index >= 15 is 0 Å². The van der Waals surface area contributed by atoms with E-state index in [2.05, 4.69) is 5.32 Å². The van der Waals surface area contributed by atoms with Crippen LogP contribution in [-0.2, 0) is 11.2 Å². The standard InChI is InChI=1S/C14H22N2O2/c1-10(15)14(2,3)16-13(17)9-11-7-5-6-8-12(11)18-4/h5-8,10H,9,15H2,1-4H3,(H,16,17). The largest absolute Gasteiger partial charge is 0.496 e. The fourth-order valence-corrected chi connectivity index (χ4v) is 1.54. The fourth-order valence-electron chi connectivity index (χ4n) is 1.54. The van der Waals surface area contributed by atoms with Gasteiger partial charge in [-0.25, -0.2) is 0 Å². The molecule has 0 radical (unpaired) electrons. The smallest absolute Gasteiger partial charge is 0.225 e. The van der Waals surface area contributed by atoms with Gasteiger partial charge in [0.15, 0.2) is 0 Å². The molecule has 1 aromatic carbocycles. The van der Waals surface area contributed by atoms with Gasteiger partial charge >= 0.3 is 0 Å². The molecular weight excluding hydrogens is 228 g/mol. The van der Waals surface area contributed by atoms with Crippen LogP contribution in [0.4, 0.5) is 0 Å². The number of benzene rings is 1. The van der Waals surface area contributed by atoms with Crippen LogP contribution in [0.1, 0.15) is 26.3 Å². The normalized spacial score (nSPS) is 12.9. The summed E-state index contributed by atoms with van der Waals surface area (Å²) in [6.45, 7) is 5.71. The molecule has 0 aliphatic carbocycles. The minimum atomic E-state index is -0.418. The summed E-state index contributed by atoms with van der Waals surface area (Å²) in [5, 5.41) is 2.94. The zero-order chi connectivity index (χ0) is 13.8. The Morgan fingerprint density at radius 2 is 2.06 bits per heavy atom. The van der Waals surface area contributed by atoms with Crippen LogP contribution in [0, 0.1) is 0 Å². The van der Waals surface area contributed by atoms with E-state index < -0.39 is 5.54 Å². The van der Waals surface area contributed by atoms with Gasteiger partial charge in [-0.1, -0.05) is 18.2 Å². The Bertz CT molecular complexity index is 414. The first-order valence-corrected chi connectivity index (χ1v) is 6.05. The lowest BCUT2D eigenvalue weighted by Crippen LogP contribution is -2.54. The van der Waals surface area contributed by atoms with Gasteiger partial charge in [0, 0.05) is 17.1 Å². The molecule has 3 N–H and O–H groups in total. The molecular formula is C14H22N2O2. The molecule has 100 valence electrons. The predicted molar refractivity (Wildman–Crippen MR) is 72.6 cm³/mol. The minimum absolute atomic E-state index is 0.0539. The van der Waals surface area contributed by atoms with Gasteiger partial charge in [0.05, 0.1) is 13.5 Å². The van der Waals surface area contributed by atoms with Crippen molar-refractivity contribution in [3.63, 3.8) is 0 Å². The molecule has 0 saturated carbocycles.